The number of hydrogen-bond acceptors (Lipinski definition) is 1. The van der Waals surface area contributed by atoms with Gasteiger partial charge in [0, 0.05) is 12.6 Å². The Morgan fingerprint density at radius 3 is 2.67 bits per heavy atom. The standard InChI is InChI=1S/C11H17N/c1-5-11(12-6-2)9-7-8-10(3)4/h6,10H,2,5,8H2,1,3-4H3/b12-11+. The second kappa shape index (κ2) is 6.67. The lowest BCUT2D eigenvalue weighted by atomic mass is 10.1. The minimum Gasteiger partial charge on any atom is -0.253 e. The molecule has 0 aromatic rings. The fourth-order valence-electron chi connectivity index (χ4n) is 0.679. The molecule has 0 saturated heterocycles. The lowest BCUT2D eigenvalue weighted by molar-refractivity contribution is 0.676. The normalized spacial score (nSPS) is 10.8. The van der Waals surface area contributed by atoms with Crippen molar-refractivity contribution in [1.29, 1.82) is 0 Å². The molecule has 0 atom stereocenters. The first-order valence-electron chi connectivity index (χ1n) is 4.37. The Hall–Kier alpha value is -1.03. The van der Waals surface area contributed by atoms with Crippen molar-refractivity contribution in [2.24, 2.45) is 10.9 Å². The van der Waals surface area contributed by atoms with Crippen molar-refractivity contribution in [3.05, 3.63) is 12.8 Å². The molecular weight excluding hydrogens is 146 g/mol. The quantitative estimate of drug-likeness (QED) is 0.448. The van der Waals surface area contributed by atoms with Crippen LogP contribution in [0.2, 0.25) is 0 Å². The molecule has 0 aromatic carbocycles. The van der Waals surface area contributed by atoms with E-state index in [1.807, 2.05) is 6.92 Å². The Morgan fingerprint density at radius 2 is 2.25 bits per heavy atom. The van der Waals surface area contributed by atoms with Crippen LogP contribution >= 0.6 is 0 Å². The third kappa shape index (κ3) is 5.73. The topological polar surface area (TPSA) is 12.4 Å². The summed E-state index contributed by atoms with van der Waals surface area (Å²) in [5.41, 5.74) is 0.922. The van der Waals surface area contributed by atoms with Gasteiger partial charge in [-0.05, 0) is 12.3 Å². The lowest BCUT2D eigenvalue weighted by Gasteiger charge is -1.93. The maximum absolute atomic E-state index is 4.05. The molecule has 0 radical (unpaired) electrons. The van der Waals surface area contributed by atoms with E-state index in [0.717, 1.165) is 18.6 Å². The Labute approximate surface area is 75.6 Å². The first-order valence-corrected chi connectivity index (χ1v) is 4.37. The van der Waals surface area contributed by atoms with E-state index >= 15 is 0 Å². The van der Waals surface area contributed by atoms with Crippen molar-refractivity contribution in [2.45, 2.75) is 33.6 Å². The SMILES string of the molecule is C=C/N=C(/C#CCC(C)C)CC. The van der Waals surface area contributed by atoms with Gasteiger partial charge < -0.3 is 0 Å². The Balaban J connectivity index is 4.06. The molecule has 1 heteroatoms. The molecule has 1 nitrogen and oxygen atoms in total. The van der Waals surface area contributed by atoms with E-state index in [0.29, 0.717) is 5.92 Å². The van der Waals surface area contributed by atoms with Gasteiger partial charge in [0.1, 0.15) is 0 Å². The molecule has 0 N–H and O–H groups in total. The summed E-state index contributed by atoms with van der Waals surface area (Å²) in [7, 11) is 0. The summed E-state index contributed by atoms with van der Waals surface area (Å²) in [4.78, 5) is 4.05. The van der Waals surface area contributed by atoms with E-state index in [-0.39, 0.29) is 0 Å². The van der Waals surface area contributed by atoms with Gasteiger partial charge in [-0.3, -0.25) is 4.99 Å². The van der Waals surface area contributed by atoms with Gasteiger partial charge in [0.25, 0.3) is 0 Å². The van der Waals surface area contributed by atoms with Crippen LogP contribution in [-0.4, -0.2) is 5.71 Å². The van der Waals surface area contributed by atoms with Gasteiger partial charge in [-0.15, -0.1) is 0 Å². The minimum absolute atomic E-state index is 0.638. The van der Waals surface area contributed by atoms with Crippen LogP contribution in [-0.2, 0) is 0 Å². The molecule has 0 saturated carbocycles. The second-order valence-corrected chi connectivity index (χ2v) is 3.01. The van der Waals surface area contributed by atoms with Crippen LogP contribution in [0.5, 0.6) is 0 Å². The zero-order valence-electron chi connectivity index (χ0n) is 8.22. The van der Waals surface area contributed by atoms with Gasteiger partial charge in [-0.2, -0.15) is 0 Å². The smallest absolute Gasteiger partial charge is 0.0895 e. The Kier molecular flexibility index (Phi) is 6.09. The first-order chi connectivity index (χ1) is 5.70. The van der Waals surface area contributed by atoms with Crippen LogP contribution in [0.15, 0.2) is 17.8 Å². The zero-order valence-corrected chi connectivity index (χ0v) is 8.22. The van der Waals surface area contributed by atoms with Crippen molar-refractivity contribution in [2.75, 3.05) is 0 Å². The molecule has 0 aliphatic rings. The average Bonchev–Trinajstić information content (AvgIpc) is 2.02. The molecule has 0 unspecified atom stereocenters. The van der Waals surface area contributed by atoms with E-state index in [1.54, 1.807) is 6.20 Å². The van der Waals surface area contributed by atoms with Crippen molar-refractivity contribution in [3.8, 4) is 11.8 Å². The number of rotatable bonds is 3. The number of nitrogens with zero attached hydrogens (tertiary/aromatic N) is 1. The highest BCUT2D eigenvalue weighted by Gasteiger charge is 1.88. The summed E-state index contributed by atoms with van der Waals surface area (Å²) in [5, 5.41) is 0. The molecule has 0 aliphatic carbocycles. The van der Waals surface area contributed by atoms with E-state index < -0.39 is 0 Å². The fraction of sp³-hybridized carbons (Fsp3) is 0.545. The van der Waals surface area contributed by atoms with Crippen LogP contribution in [0.3, 0.4) is 0 Å². The monoisotopic (exact) mass is 163 g/mol. The van der Waals surface area contributed by atoms with Crippen LogP contribution in [0.25, 0.3) is 0 Å². The third-order valence-corrected chi connectivity index (χ3v) is 1.33. The van der Waals surface area contributed by atoms with Crippen molar-refractivity contribution in [3.63, 3.8) is 0 Å². The predicted molar refractivity (Wildman–Crippen MR) is 55.2 cm³/mol. The molecule has 0 fully saturated rings. The summed E-state index contributed by atoms with van der Waals surface area (Å²) in [6.07, 6.45) is 3.37. The van der Waals surface area contributed by atoms with Gasteiger partial charge in [0.2, 0.25) is 0 Å². The van der Waals surface area contributed by atoms with Gasteiger partial charge in [0.05, 0.1) is 5.71 Å². The second-order valence-electron chi connectivity index (χ2n) is 3.01. The summed E-state index contributed by atoms with van der Waals surface area (Å²) in [6.45, 7) is 9.90. The highest BCUT2D eigenvalue weighted by molar-refractivity contribution is 6.00. The van der Waals surface area contributed by atoms with Crippen molar-refractivity contribution < 1.29 is 0 Å². The zero-order chi connectivity index (χ0) is 9.40. The molecule has 66 valence electrons. The largest absolute Gasteiger partial charge is 0.253 e. The lowest BCUT2D eigenvalue weighted by Crippen LogP contribution is -1.90. The van der Waals surface area contributed by atoms with E-state index in [4.69, 9.17) is 0 Å². The molecule has 0 aliphatic heterocycles. The van der Waals surface area contributed by atoms with Crippen LogP contribution < -0.4 is 0 Å². The van der Waals surface area contributed by atoms with Crippen LogP contribution in [0.1, 0.15) is 33.6 Å². The molecule has 0 spiro atoms. The van der Waals surface area contributed by atoms with Crippen molar-refractivity contribution in [1.82, 2.24) is 0 Å². The van der Waals surface area contributed by atoms with Gasteiger partial charge >= 0.3 is 0 Å². The van der Waals surface area contributed by atoms with Gasteiger partial charge in [-0.25, -0.2) is 0 Å². The highest BCUT2D eigenvalue weighted by atomic mass is 14.7. The molecule has 0 amide bonds. The van der Waals surface area contributed by atoms with Gasteiger partial charge in [0.15, 0.2) is 0 Å². The summed E-state index contributed by atoms with van der Waals surface area (Å²) in [6, 6.07) is 0. The van der Waals surface area contributed by atoms with E-state index in [9.17, 15) is 0 Å². The predicted octanol–water partition coefficient (Wildman–Crippen LogP) is 3.03. The molecule has 0 bridgehead atoms. The van der Waals surface area contributed by atoms with E-state index in [1.165, 1.54) is 0 Å². The Morgan fingerprint density at radius 1 is 1.58 bits per heavy atom. The number of hydrogen-bond donors (Lipinski definition) is 0. The molecule has 0 aromatic heterocycles. The third-order valence-electron chi connectivity index (χ3n) is 1.33. The number of aliphatic imine (C=N–C) groups is 1. The Bertz CT molecular complexity index is 213. The maximum atomic E-state index is 4.05. The van der Waals surface area contributed by atoms with Crippen LogP contribution in [0, 0.1) is 17.8 Å². The first kappa shape index (κ1) is 11.0. The summed E-state index contributed by atoms with van der Waals surface area (Å²) >= 11 is 0. The van der Waals surface area contributed by atoms with E-state index in [2.05, 4.69) is 37.3 Å². The highest BCUT2D eigenvalue weighted by Crippen LogP contribution is 1.96. The molecular formula is C11H17N. The maximum Gasteiger partial charge on any atom is 0.0895 e. The summed E-state index contributed by atoms with van der Waals surface area (Å²) < 4.78 is 0. The minimum atomic E-state index is 0.638. The summed E-state index contributed by atoms with van der Waals surface area (Å²) in [5.74, 6) is 6.76. The molecule has 0 rings (SSSR count). The molecule has 12 heavy (non-hydrogen) atoms. The fourth-order valence-corrected chi connectivity index (χ4v) is 0.679. The molecule has 0 heterocycles. The van der Waals surface area contributed by atoms with Gasteiger partial charge in [-0.1, -0.05) is 39.2 Å². The van der Waals surface area contributed by atoms with Crippen molar-refractivity contribution >= 4 is 5.71 Å². The average molecular weight is 163 g/mol. The van der Waals surface area contributed by atoms with Crippen LogP contribution in [0.4, 0.5) is 0 Å².